The highest BCUT2D eigenvalue weighted by Gasteiger charge is 2.10. The molecule has 0 bridgehead atoms. The molecule has 2 aromatic rings. The second kappa shape index (κ2) is 6.48. The fraction of sp³-hybridized carbons (Fsp3) is 0.0769. The number of benzene rings is 1. The van der Waals surface area contributed by atoms with E-state index in [1.54, 1.807) is 6.20 Å². The maximum atomic E-state index is 13.0. The van der Waals surface area contributed by atoms with Gasteiger partial charge in [0.1, 0.15) is 5.82 Å². The van der Waals surface area contributed by atoms with Crippen molar-refractivity contribution in [3.63, 3.8) is 0 Å². The van der Waals surface area contributed by atoms with Gasteiger partial charge in [0, 0.05) is 5.56 Å². The Labute approximate surface area is 123 Å². The summed E-state index contributed by atoms with van der Waals surface area (Å²) in [6, 6.07) is 3.74. The number of halogens is 2. The number of carbonyl (C=O) groups excluding carboxylic acids is 1. The summed E-state index contributed by atoms with van der Waals surface area (Å²) in [6.07, 6.45) is 1.54. The Bertz CT molecular complexity index is 705. The van der Waals surface area contributed by atoms with E-state index in [2.05, 4.69) is 22.1 Å². The van der Waals surface area contributed by atoms with Crippen LogP contribution in [0.4, 0.5) is 9.52 Å². The van der Waals surface area contributed by atoms with E-state index in [9.17, 15) is 9.18 Å². The van der Waals surface area contributed by atoms with Gasteiger partial charge in [-0.1, -0.05) is 34.8 Å². The first-order valence-electron chi connectivity index (χ1n) is 5.51. The Morgan fingerprint density at radius 3 is 3.05 bits per heavy atom. The van der Waals surface area contributed by atoms with Crippen LogP contribution in [-0.2, 0) is 0 Å². The molecule has 0 radical (unpaired) electrons. The van der Waals surface area contributed by atoms with Crippen molar-refractivity contribution in [3.05, 3.63) is 45.7 Å². The van der Waals surface area contributed by atoms with Gasteiger partial charge in [0.25, 0.3) is 5.91 Å². The molecule has 7 heteroatoms. The molecule has 1 aromatic carbocycles. The van der Waals surface area contributed by atoms with Crippen molar-refractivity contribution >= 4 is 34.0 Å². The molecule has 1 aromatic heterocycles. The van der Waals surface area contributed by atoms with Crippen LogP contribution in [-0.4, -0.2) is 17.4 Å². The molecule has 102 valence electrons. The molecule has 0 aliphatic heterocycles. The number of rotatable bonds is 2. The average Bonchev–Trinajstić information content (AvgIpc) is 2.87. The van der Waals surface area contributed by atoms with Crippen LogP contribution in [0, 0.1) is 17.7 Å². The summed E-state index contributed by atoms with van der Waals surface area (Å²) in [7, 11) is 0. The third-order valence-corrected chi connectivity index (χ3v) is 3.34. The summed E-state index contributed by atoms with van der Waals surface area (Å²) in [5, 5.41) is 2.88. The molecule has 1 heterocycles. The summed E-state index contributed by atoms with van der Waals surface area (Å²) in [5.74, 6) is 4.52. The van der Waals surface area contributed by atoms with Crippen molar-refractivity contribution in [1.82, 2.24) is 4.98 Å². The number of aromatic nitrogens is 1. The van der Waals surface area contributed by atoms with Gasteiger partial charge in [-0.25, -0.2) is 9.37 Å². The van der Waals surface area contributed by atoms with Crippen LogP contribution in [0.3, 0.4) is 0 Å². The molecule has 0 atom stereocenters. The molecule has 0 aliphatic carbocycles. The quantitative estimate of drug-likeness (QED) is 0.838. The number of hydrogen-bond acceptors (Lipinski definition) is 4. The number of amides is 1. The zero-order valence-electron chi connectivity index (χ0n) is 10.1. The fourth-order valence-corrected chi connectivity index (χ4v) is 2.20. The normalized spacial score (nSPS) is 9.75. The Morgan fingerprint density at radius 2 is 2.35 bits per heavy atom. The van der Waals surface area contributed by atoms with Crippen LogP contribution in [0.1, 0.15) is 15.2 Å². The maximum absolute atomic E-state index is 13.0. The highest BCUT2D eigenvalue weighted by molar-refractivity contribution is 7.16. The second-order valence-electron chi connectivity index (χ2n) is 3.62. The van der Waals surface area contributed by atoms with E-state index >= 15 is 0 Å². The van der Waals surface area contributed by atoms with Crippen molar-refractivity contribution in [2.75, 3.05) is 11.9 Å². The summed E-state index contributed by atoms with van der Waals surface area (Å²) in [4.78, 5) is 16.6. The monoisotopic (exact) mass is 309 g/mol. The molecule has 2 rings (SSSR count). The lowest BCUT2D eigenvalue weighted by molar-refractivity contribution is 0.102. The van der Waals surface area contributed by atoms with Gasteiger partial charge in [0.15, 0.2) is 5.13 Å². The molecule has 0 unspecified atom stereocenters. The Hall–Kier alpha value is -1.94. The first-order valence-corrected chi connectivity index (χ1v) is 6.71. The predicted molar refractivity (Wildman–Crippen MR) is 77.4 cm³/mol. The minimum absolute atomic E-state index is 0.105. The smallest absolute Gasteiger partial charge is 0.257 e. The summed E-state index contributed by atoms with van der Waals surface area (Å²) in [5.41, 5.74) is 5.52. The standard InChI is InChI=1S/C13H9ClFN3OS/c14-10-6-8(3-4-11(10)15)12(19)18-13-17-7-9(20-13)2-1-5-16/h3-4,6-7H,5,16H2,(H,17,18,19). The number of nitrogens with two attached hydrogens (primary N) is 1. The molecule has 0 spiro atoms. The molecule has 3 N–H and O–H groups in total. The van der Waals surface area contributed by atoms with E-state index in [0.29, 0.717) is 10.0 Å². The summed E-state index contributed by atoms with van der Waals surface area (Å²) < 4.78 is 13.0. The number of nitrogens with zero attached hydrogens (tertiary/aromatic N) is 1. The SMILES string of the molecule is NCC#Cc1cnc(NC(=O)c2ccc(F)c(Cl)c2)s1. The second-order valence-corrected chi connectivity index (χ2v) is 5.06. The van der Waals surface area contributed by atoms with Crippen LogP contribution < -0.4 is 11.1 Å². The molecule has 0 saturated heterocycles. The molecule has 0 saturated carbocycles. The number of nitrogens with one attached hydrogen (secondary N) is 1. The summed E-state index contributed by atoms with van der Waals surface area (Å²) in [6.45, 7) is 0.258. The van der Waals surface area contributed by atoms with Gasteiger partial charge in [-0.15, -0.1) is 0 Å². The van der Waals surface area contributed by atoms with Crippen LogP contribution >= 0.6 is 22.9 Å². The molecular weight excluding hydrogens is 301 g/mol. The summed E-state index contributed by atoms with van der Waals surface area (Å²) >= 11 is 6.85. The highest BCUT2D eigenvalue weighted by atomic mass is 35.5. The van der Waals surface area contributed by atoms with Crippen LogP contribution in [0.5, 0.6) is 0 Å². The molecular formula is C13H9ClFN3OS. The van der Waals surface area contributed by atoms with E-state index in [1.165, 1.54) is 23.5 Å². The van der Waals surface area contributed by atoms with Crippen molar-refractivity contribution in [3.8, 4) is 11.8 Å². The molecule has 0 aliphatic rings. The highest BCUT2D eigenvalue weighted by Crippen LogP contribution is 2.20. The molecule has 1 amide bonds. The first kappa shape index (κ1) is 14.5. The van der Waals surface area contributed by atoms with E-state index < -0.39 is 11.7 Å². The Kier molecular flexibility index (Phi) is 4.69. The lowest BCUT2D eigenvalue weighted by atomic mass is 10.2. The van der Waals surface area contributed by atoms with Gasteiger partial charge < -0.3 is 5.73 Å². The van der Waals surface area contributed by atoms with E-state index in [1.807, 2.05) is 0 Å². The number of thiazole rings is 1. The first-order chi connectivity index (χ1) is 9.60. The number of anilines is 1. The molecule has 0 fully saturated rings. The largest absolute Gasteiger partial charge is 0.320 e. The van der Waals surface area contributed by atoms with Crippen LogP contribution in [0.25, 0.3) is 0 Å². The lowest BCUT2D eigenvalue weighted by Crippen LogP contribution is -2.11. The van der Waals surface area contributed by atoms with Gasteiger partial charge in [0.2, 0.25) is 0 Å². The van der Waals surface area contributed by atoms with E-state index in [0.717, 1.165) is 6.07 Å². The topological polar surface area (TPSA) is 68.0 Å². The zero-order chi connectivity index (χ0) is 14.5. The van der Waals surface area contributed by atoms with Crippen molar-refractivity contribution in [2.24, 2.45) is 5.73 Å². The fourth-order valence-electron chi connectivity index (χ4n) is 1.33. The van der Waals surface area contributed by atoms with E-state index in [4.69, 9.17) is 17.3 Å². The third-order valence-electron chi connectivity index (χ3n) is 2.22. The average molecular weight is 310 g/mol. The van der Waals surface area contributed by atoms with Crippen LogP contribution in [0.15, 0.2) is 24.4 Å². The van der Waals surface area contributed by atoms with Crippen molar-refractivity contribution in [2.45, 2.75) is 0 Å². The number of hydrogen-bond donors (Lipinski definition) is 2. The maximum Gasteiger partial charge on any atom is 0.257 e. The minimum Gasteiger partial charge on any atom is -0.320 e. The Balaban J connectivity index is 2.11. The third kappa shape index (κ3) is 3.54. The van der Waals surface area contributed by atoms with Gasteiger partial charge in [-0.2, -0.15) is 0 Å². The molecule has 20 heavy (non-hydrogen) atoms. The van der Waals surface area contributed by atoms with Gasteiger partial charge >= 0.3 is 0 Å². The Morgan fingerprint density at radius 1 is 1.55 bits per heavy atom. The van der Waals surface area contributed by atoms with Gasteiger partial charge in [0.05, 0.1) is 22.6 Å². The van der Waals surface area contributed by atoms with Gasteiger partial charge in [-0.05, 0) is 18.2 Å². The number of carbonyl (C=O) groups is 1. The molecule has 4 nitrogen and oxygen atoms in total. The van der Waals surface area contributed by atoms with E-state index in [-0.39, 0.29) is 17.1 Å². The van der Waals surface area contributed by atoms with Crippen LogP contribution in [0.2, 0.25) is 5.02 Å². The lowest BCUT2D eigenvalue weighted by Gasteiger charge is -2.02. The van der Waals surface area contributed by atoms with Crippen molar-refractivity contribution in [1.29, 1.82) is 0 Å². The minimum atomic E-state index is -0.572. The van der Waals surface area contributed by atoms with Gasteiger partial charge in [-0.3, -0.25) is 10.1 Å². The zero-order valence-corrected chi connectivity index (χ0v) is 11.7. The predicted octanol–water partition coefficient (Wildman–Crippen LogP) is 2.50. The van der Waals surface area contributed by atoms with Crippen molar-refractivity contribution < 1.29 is 9.18 Å².